The highest BCUT2D eigenvalue weighted by molar-refractivity contribution is 6.32. The average Bonchev–Trinajstić information content (AvgIpc) is 3.29. The molecule has 1 aromatic heterocycles. The van der Waals surface area contributed by atoms with E-state index in [1.807, 2.05) is 24.3 Å². The van der Waals surface area contributed by atoms with Gasteiger partial charge in [0.1, 0.15) is 12.4 Å². The zero-order valence-electron chi connectivity index (χ0n) is 11.2. The van der Waals surface area contributed by atoms with Gasteiger partial charge in [-0.2, -0.15) is 0 Å². The van der Waals surface area contributed by atoms with E-state index in [4.69, 9.17) is 16.3 Å². The van der Waals surface area contributed by atoms with Crippen molar-refractivity contribution in [1.29, 1.82) is 0 Å². The largest absolute Gasteiger partial charge is 0.487 e. The Morgan fingerprint density at radius 1 is 1.20 bits per heavy atom. The van der Waals surface area contributed by atoms with Crippen LogP contribution in [0.1, 0.15) is 24.0 Å². The Balaban J connectivity index is 1.69. The third kappa shape index (κ3) is 3.50. The lowest BCUT2D eigenvalue weighted by Crippen LogP contribution is -2.16. The number of nitrogens with one attached hydrogen (secondary N) is 1. The maximum absolute atomic E-state index is 6.26. The molecule has 4 heteroatoms. The van der Waals surface area contributed by atoms with E-state index in [1.54, 1.807) is 12.4 Å². The molecule has 0 unspecified atom stereocenters. The second kappa shape index (κ2) is 6.25. The summed E-state index contributed by atoms with van der Waals surface area (Å²) in [6.45, 7) is 1.31. The first-order valence-corrected chi connectivity index (χ1v) is 7.23. The Kier molecular flexibility index (Phi) is 4.19. The molecule has 20 heavy (non-hydrogen) atoms. The van der Waals surface area contributed by atoms with Crippen molar-refractivity contribution in [2.45, 2.75) is 32.0 Å². The second-order valence-electron chi connectivity index (χ2n) is 5.03. The van der Waals surface area contributed by atoms with Crippen LogP contribution in [0.2, 0.25) is 5.02 Å². The van der Waals surface area contributed by atoms with Crippen LogP contribution in [0.25, 0.3) is 0 Å². The number of para-hydroxylation sites is 1. The molecule has 2 aromatic rings. The molecule has 0 atom stereocenters. The first-order valence-electron chi connectivity index (χ1n) is 6.85. The lowest BCUT2D eigenvalue weighted by atomic mass is 10.2. The van der Waals surface area contributed by atoms with Gasteiger partial charge in [0, 0.05) is 30.5 Å². The van der Waals surface area contributed by atoms with Crippen LogP contribution in [0.5, 0.6) is 5.75 Å². The fourth-order valence-electron chi connectivity index (χ4n) is 2.03. The SMILES string of the molecule is Clc1cccc(CNC2CC2)c1OCc1ccncc1. The van der Waals surface area contributed by atoms with Gasteiger partial charge in [0.2, 0.25) is 0 Å². The number of nitrogens with zero attached hydrogens (tertiary/aromatic N) is 1. The summed E-state index contributed by atoms with van der Waals surface area (Å²) in [6.07, 6.45) is 6.07. The number of halogens is 1. The van der Waals surface area contributed by atoms with E-state index < -0.39 is 0 Å². The summed E-state index contributed by atoms with van der Waals surface area (Å²) >= 11 is 6.26. The fourth-order valence-corrected chi connectivity index (χ4v) is 2.28. The minimum atomic E-state index is 0.503. The minimum absolute atomic E-state index is 0.503. The Bertz CT molecular complexity index is 570. The van der Waals surface area contributed by atoms with E-state index in [-0.39, 0.29) is 0 Å². The summed E-state index contributed by atoms with van der Waals surface area (Å²) in [4.78, 5) is 4.00. The van der Waals surface area contributed by atoms with Gasteiger partial charge in [0.15, 0.2) is 0 Å². The predicted octanol–water partition coefficient (Wildman–Crippen LogP) is 3.57. The number of rotatable bonds is 6. The van der Waals surface area contributed by atoms with E-state index >= 15 is 0 Å². The quantitative estimate of drug-likeness (QED) is 0.882. The summed E-state index contributed by atoms with van der Waals surface area (Å²) < 4.78 is 5.91. The van der Waals surface area contributed by atoms with Crippen molar-refractivity contribution in [1.82, 2.24) is 10.3 Å². The molecule has 1 aliphatic rings. The van der Waals surface area contributed by atoms with Crippen molar-refractivity contribution in [2.24, 2.45) is 0 Å². The van der Waals surface area contributed by atoms with Gasteiger partial charge in [-0.05, 0) is 36.6 Å². The van der Waals surface area contributed by atoms with Crippen LogP contribution in [0.4, 0.5) is 0 Å². The molecule has 1 N–H and O–H groups in total. The number of benzene rings is 1. The Morgan fingerprint density at radius 2 is 2.00 bits per heavy atom. The average molecular weight is 289 g/mol. The van der Waals surface area contributed by atoms with Crippen molar-refractivity contribution in [3.05, 3.63) is 58.9 Å². The normalized spacial score (nSPS) is 14.2. The van der Waals surface area contributed by atoms with Crippen LogP contribution < -0.4 is 10.1 Å². The molecule has 0 amide bonds. The number of hydrogen-bond acceptors (Lipinski definition) is 3. The summed E-state index contributed by atoms with van der Waals surface area (Å²) in [5.41, 5.74) is 2.19. The molecule has 0 saturated heterocycles. The van der Waals surface area contributed by atoms with E-state index in [2.05, 4.69) is 16.4 Å². The number of ether oxygens (including phenoxy) is 1. The smallest absolute Gasteiger partial charge is 0.142 e. The summed E-state index contributed by atoms with van der Waals surface area (Å²) in [5.74, 6) is 0.777. The lowest BCUT2D eigenvalue weighted by molar-refractivity contribution is 0.302. The Hall–Kier alpha value is -1.58. The van der Waals surface area contributed by atoms with Gasteiger partial charge in [-0.1, -0.05) is 23.7 Å². The van der Waals surface area contributed by atoms with Crippen LogP contribution in [0.3, 0.4) is 0 Å². The van der Waals surface area contributed by atoms with Gasteiger partial charge >= 0.3 is 0 Å². The molecule has 1 aromatic carbocycles. The Labute approximate surface area is 123 Å². The molecule has 1 saturated carbocycles. The summed E-state index contributed by atoms with van der Waals surface area (Å²) in [6, 6.07) is 10.4. The topological polar surface area (TPSA) is 34.1 Å². The van der Waals surface area contributed by atoms with Gasteiger partial charge in [-0.15, -0.1) is 0 Å². The van der Waals surface area contributed by atoms with E-state index in [1.165, 1.54) is 12.8 Å². The molecule has 3 nitrogen and oxygen atoms in total. The molecule has 104 valence electrons. The van der Waals surface area contributed by atoms with Gasteiger partial charge in [0.05, 0.1) is 5.02 Å². The monoisotopic (exact) mass is 288 g/mol. The van der Waals surface area contributed by atoms with Crippen LogP contribution >= 0.6 is 11.6 Å². The highest BCUT2D eigenvalue weighted by Gasteiger charge is 2.21. The van der Waals surface area contributed by atoms with Gasteiger partial charge in [0.25, 0.3) is 0 Å². The van der Waals surface area contributed by atoms with Crippen LogP contribution in [-0.4, -0.2) is 11.0 Å². The minimum Gasteiger partial charge on any atom is -0.487 e. The van der Waals surface area contributed by atoms with Gasteiger partial charge < -0.3 is 10.1 Å². The molecule has 1 fully saturated rings. The molecular weight excluding hydrogens is 272 g/mol. The predicted molar refractivity (Wildman–Crippen MR) is 79.9 cm³/mol. The van der Waals surface area contributed by atoms with E-state index in [0.717, 1.165) is 23.4 Å². The van der Waals surface area contributed by atoms with Gasteiger partial charge in [-0.25, -0.2) is 0 Å². The molecular formula is C16H17ClN2O. The van der Waals surface area contributed by atoms with Gasteiger partial charge in [-0.3, -0.25) is 4.98 Å². The lowest BCUT2D eigenvalue weighted by Gasteiger charge is -2.13. The molecule has 3 rings (SSSR count). The zero-order valence-corrected chi connectivity index (χ0v) is 11.9. The highest BCUT2D eigenvalue weighted by Crippen LogP contribution is 2.30. The van der Waals surface area contributed by atoms with E-state index in [9.17, 15) is 0 Å². The third-order valence-corrected chi connectivity index (χ3v) is 3.64. The van der Waals surface area contributed by atoms with Crippen molar-refractivity contribution >= 4 is 11.6 Å². The maximum Gasteiger partial charge on any atom is 0.142 e. The van der Waals surface area contributed by atoms with Crippen LogP contribution in [0, 0.1) is 0 Å². The molecule has 1 aliphatic carbocycles. The molecule has 0 spiro atoms. The standard InChI is InChI=1S/C16H17ClN2O/c17-15-3-1-2-13(10-19-14-4-5-14)16(15)20-11-12-6-8-18-9-7-12/h1-3,6-9,14,19H,4-5,10-11H2. The summed E-state index contributed by atoms with van der Waals surface area (Å²) in [5, 5.41) is 4.15. The maximum atomic E-state index is 6.26. The van der Waals surface area contributed by atoms with Crippen molar-refractivity contribution < 1.29 is 4.74 Å². The summed E-state index contributed by atoms with van der Waals surface area (Å²) in [7, 11) is 0. The highest BCUT2D eigenvalue weighted by atomic mass is 35.5. The fraction of sp³-hybridized carbons (Fsp3) is 0.312. The van der Waals surface area contributed by atoms with Crippen LogP contribution in [-0.2, 0) is 13.2 Å². The first kappa shape index (κ1) is 13.4. The zero-order chi connectivity index (χ0) is 13.8. The molecule has 0 radical (unpaired) electrons. The van der Waals surface area contributed by atoms with E-state index in [0.29, 0.717) is 17.7 Å². The van der Waals surface area contributed by atoms with Crippen LogP contribution in [0.15, 0.2) is 42.7 Å². The third-order valence-electron chi connectivity index (χ3n) is 3.34. The molecule has 0 aliphatic heterocycles. The van der Waals surface area contributed by atoms with Crippen molar-refractivity contribution in [3.63, 3.8) is 0 Å². The molecule has 1 heterocycles. The number of pyridine rings is 1. The molecule has 0 bridgehead atoms. The Morgan fingerprint density at radius 3 is 2.75 bits per heavy atom. The second-order valence-corrected chi connectivity index (χ2v) is 5.43. The van der Waals surface area contributed by atoms with Crippen molar-refractivity contribution in [3.8, 4) is 5.75 Å². The number of hydrogen-bond donors (Lipinski definition) is 1. The van der Waals surface area contributed by atoms with Crippen molar-refractivity contribution in [2.75, 3.05) is 0 Å². The number of aromatic nitrogens is 1. The first-order chi connectivity index (χ1) is 9.83.